The average molecular weight is 333 g/mol. The molecule has 20 heavy (non-hydrogen) atoms. The molecule has 0 bridgehead atoms. The molecule has 0 aliphatic rings. The second-order valence-electron chi connectivity index (χ2n) is 4.85. The van der Waals surface area contributed by atoms with Gasteiger partial charge in [0, 0.05) is 35.4 Å². The van der Waals surface area contributed by atoms with E-state index in [1.807, 2.05) is 0 Å². The van der Waals surface area contributed by atoms with E-state index in [0.717, 1.165) is 24.0 Å². The van der Waals surface area contributed by atoms with Gasteiger partial charge < -0.3 is 10.6 Å². The lowest BCUT2D eigenvalue weighted by molar-refractivity contribution is 0.760. The quantitative estimate of drug-likeness (QED) is 0.853. The molecule has 2 nitrogen and oxygen atoms in total. The fourth-order valence-electron chi connectivity index (χ4n) is 2.40. The van der Waals surface area contributed by atoms with E-state index >= 15 is 0 Å². The van der Waals surface area contributed by atoms with Gasteiger partial charge >= 0.3 is 0 Å². The number of nitrogens with two attached hydrogens (primary N) is 1. The lowest BCUT2D eigenvalue weighted by atomic mass is 10.1. The molecule has 0 saturated heterocycles. The Morgan fingerprint density at radius 2 is 1.80 bits per heavy atom. The SMILES string of the molecule is CCCN(Cc1ccccc1)c1cccc(Br)c1CN. The van der Waals surface area contributed by atoms with Crippen LogP contribution in [0.2, 0.25) is 0 Å². The van der Waals surface area contributed by atoms with Crippen molar-refractivity contribution in [2.24, 2.45) is 5.73 Å². The number of halogens is 1. The van der Waals surface area contributed by atoms with Crippen LogP contribution in [0.1, 0.15) is 24.5 Å². The van der Waals surface area contributed by atoms with Gasteiger partial charge in [-0.2, -0.15) is 0 Å². The summed E-state index contributed by atoms with van der Waals surface area (Å²) in [6, 6.07) is 16.9. The van der Waals surface area contributed by atoms with Crippen LogP contribution in [0.25, 0.3) is 0 Å². The normalized spacial score (nSPS) is 10.6. The molecule has 0 saturated carbocycles. The molecule has 0 aliphatic carbocycles. The minimum atomic E-state index is 0.547. The minimum Gasteiger partial charge on any atom is -0.367 e. The average Bonchev–Trinajstić information content (AvgIpc) is 2.47. The van der Waals surface area contributed by atoms with Crippen molar-refractivity contribution in [2.75, 3.05) is 11.4 Å². The van der Waals surface area contributed by atoms with Gasteiger partial charge in [0.25, 0.3) is 0 Å². The summed E-state index contributed by atoms with van der Waals surface area (Å²) in [5.74, 6) is 0. The van der Waals surface area contributed by atoms with Crippen LogP contribution in [0.5, 0.6) is 0 Å². The van der Waals surface area contributed by atoms with E-state index in [1.165, 1.54) is 16.8 Å². The van der Waals surface area contributed by atoms with Crippen molar-refractivity contribution in [1.29, 1.82) is 0 Å². The first-order valence-electron chi connectivity index (χ1n) is 7.02. The zero-order chi connectivity index (χ0) is 14.4. The summed E-state index contributed by atoms with van der Waals surface area (Å²) in [6.07, 6.45) is 1.11. The zero-order valence-corrected chi connectivity index (χ0v) is 13.4. The molecular formula is C17H21BrN2. The fraction of sp³-hybridized carbons (Fsp3) is 0.294. The Morgan fingerprint density at radius 3 is 2.45 bits per heavy atom. The number of anilines is 1. The molecule has 0 radical (unpaired) electrons. The van der Waals surface area contributed by atoms with Crippen LogP contribution in [-0.2, 0) is 13.1 Å². The Balaban J connectivity index is 2.31. The molecular weight excluding hydrogens is 312 g/mol. The highest BCUT2D eigenvalue weighted by Crippen LogP contribution is 2.28. The van der Waals surface area contributed by atoms with Gasteiger partial charge in [-0.15, -0.1) is 0 Å². The van der Waals surface area contributed by atoms with Crippen molar-refractivity contribution in [3.05, 3.63) is 64.1 Å². The van der Waals surface area contributed by atoms with E-state index < -0.39 is 0 Å². The predicted octanol–water partition coefficient (Wildman–Crippen LogP) is 4.32. The van der Waals surface area contributed by atoms with E-state index in [2.05, 4.69) is 76.3 Å². The van der Waals surface area contributed by atoms with Crippen molar-refractivity contribution < 1.29 is 0 Å². The van der Waals surface area contributed by atoms with Gasteiger partial charge in [0.1, 0.15) is 0 Å². The minimum absolute atomic E-state index is 0.547. The van der Waals surface area contributed by atoms with E-state index in [9.17, 15) is 0 Å². The highest BCUT2D eigenvalue weighted by molar-refractivity contribution is 9.10. The summed E-state index contributed by atoms with van der Waals surface area (Å²) in [7, 11) is 0. The van der Waals surface area contributed by atoms with Gasteiger partial charge in [-0.3, -0.25) is 0 Å². The Bertz CT molecular complexity index is 540. The van der Waals surface area contributed by atoms with Crippen molar-refractivity contribution >= 4 is 21.6 Å². The zero-order valence-electron chi connectivity index (χ0n) is 11.8. The van der Waals surface area contributed by atoms with Crippen LogP contribution in [0.15, 0.2) is 53.0 Å². The molecule has 2 rings (SSSR count). The first-order valence-corrected chi connectivity index (χ1v) is 7.82. The highest BCUT2D eigenvalue weighted by atomic mass is 79.9. The maximum atomic E-state index is 5.92. The Labute approximate surface area is 129 Å². The monoisotopic (exact) mass is 332 g/mol. The number of benzene rings is 2. The largest absolute Gasteiger partial charge is 0.367 e. The maximum absolute atomic E-state index is 5.92. The van der Waals surface area contributed by atoms with E-state index in [-0.39, 0.29) is 0 Å². The molecule has 0 heterocycles. The third kappa shape index (κ3) is 3.62. The molecule has 0 aliphatic heterocycles. The molecule has 0 amide bonds. The highest BCUT2D eigenvalue weighted by Gasteiger charge is 2.12. The molecule has 2 N–H and O–H groups in total. The number of hydrogen-bond donors (Lipinski definition) is 1. The summed E-state index contributed by atoms with van der Waals surface area (Å²) in [5.41, 5.74) is 9.65. The van der Waals surface area contributed by atoms with Crippen LogP contribution < -0.4 is 10.6 Å². The van der Waals surface area contributed by atoms with Crippen molar-refractivity contribution in [1.82, 2.24) is 0 Å². The lowest BCUT2D eigenvalue weighted by Gasteiger charge is -2.27. The standard InChI is InChI=1S/C17H21BrN2/c1-2-11-20(13-14-7-4-3-5-8-14)17-10-6-9-16(18)15(17)12-19/h3-10H,2,11-13,19H2,1H3. The summed E-state index contributed by atoms with van der Waals surface area (Å²) in [4.78, 5) is 2.41. The summed E-state index contributed by atoms with van der Waals surface area (Å²) in [5, 5.41) is 0. The molecule has 2 aromatic rings. The second-order valence-corrected chi connectivity index (χ2v) is 5.70. The Morgan fingerprint density at radius 1 is 1.05 bits per heavy atom. The van der Waals surface area contributed by atoms with Gasteiger partial charge in [-0.05, 0) is 24.1 Å². The van der Waals surface area contributed by atoms with Gasteiger partial charge in [-0.25, -0.2) is 0 Å². The molecule has 0 fully saturated rings. The van der Waals surface area contributed by atoms with Gasteiger partial charge in [-0.1, -0.05) is 59.3 Å². The summed E-state index contributed by atoms with van der Waals surface area (Å²) < 4.78 is 1.09. The van der Waals surface area contributed by atoms with Crippen molar-refractivity contribution in [3.63, 3.8) is 0 Å². The Hall–Kier alpha value is -1.32. The molecule has 0 atom stereocenters. The van der Waals surface area contributed by atoms with E-state index in [4.69, 9.17) is 5.73 Å². The van der Waals surface area contributed by atoms with E-state index in [1.54, 1.807) is 0 Å². The molecule has 0 spiro atoms. The van der Waals surface area contributed by atoms with Crippen LogP contribution in [0.3, 0.4) is 0 Å². The summed E-state index contributed by atoms with van der Waals surface area (Å²) in [6.45, 7) is 4.69. The smallest absolute Gasteiger partial charge is 0.0429 e. The van der Waals surface area contributed by atoms with Crippen molar-refractivity contribution in [2.45, 2.75) is 26.4 Å². The number of nitrogens with zero attached hydrogens (tertiary/aromatic N) is 1. The summed E-state index contributed by atoms with van der Waals surface area (Å²) >= 11 is 3.61. The second kappa shape index (κ2) is 7.46. The first-order chi connectivity index (χ1) is 9.76. The predicted molar refractivity (Wildman–Crippen MR) is 89.8 cm³/mol. The van der Waals surface area contributed by atoms with Gasteiger partial charge in [0.2, 0.25) is 0 Å². The van der Waals surface area contributed by atoms with Gasteiger partial charge in [0.15, 0.2) is 0 Å². The lowest BCUT2D eigenvalue weighted by Crippen LogP contribution is -2.25. The van der Waals surface area contributed by atoms with E-state index in [0.29, 0.717) is 6.54 Å². The van der Waals surface area contributed by atoms with Crippen LogP contribution in [0, 0.1) is 0 Å². The van der Waals surface area contributed by atoms with Crippen LogP contribution in [-0.4, -0.2) is 6.54 Å². The first kappa shape index (κ1) is 15.1. The molecule has 3 heteroatoms. The molecule has 0 unspecified atom stereocenters. The van der Waals surface area contributed by atoms with Crippen LogP contribution >= 0.6 is 15.9 Å². The topological polar surface area (TPSA) is 29.3 Å². The van der Waals surface area contributed by atoms with Crippen molar-refractivity contribution in [3.8, 4) is 0 Å². The number of rotatable bonds is 6. The fourth-order valence-corrected chi connectivity index (χ4v) is 2.92. The molecule has 2 aromatic carbocycles. The number of hydrogen-bond acceptors (Lipinski definition) is 2. The van der Waals surface area contributed by atoms with Gasteiger partial charge in [0.05, 0.1) is 0 Å². The molecule has 106 valence electrons. The third-order valence-corrected chi connectivity index (χ3v) is 4.09. The molecule has 0 aromatic heterocycles. The van der Waals surface area contributed by atoms with Crippen LogP contribution in [0.4, 0.5) is 5.69 Å². The maximum Gasteiger partial charge on any atom is 0.0429 e. The third-order valence-electron chi connectivity index (χ3n) is 3.35. The Kier molecular flexibility index (Phi) is 5.62.